The van der Waals surface area contributed by atoms with Crippen molar-refractivity contribution in [3.05, 3.63) is 71.8 Å². The van der Waals surface area contributed by atoms with E-state index in [9.17, 15) is 0 Å². The molecule has 0 aliphatic rings. The molecule has 14 heavy (non-hydrogen) atoms. The lowest BCUT2D eigenvalue weighted by molar-refractivity contribution is 1.62. The average molecular weight is 182 g/mol. The smallest absolute Gasteiger partial charge is 0.0249 e. The van der Waals surface area contributed by atoms with E-state index in [1.807, 2.05) is 60.7 Å². The van der Waals surface area contributed by atoms with Gasteiger partial charge in [-0.25, -0.2) is 0 Å². The van der Waals surface area contributed by atoms with Crippen LogP contribution in [0.25, 0.3) is 0 Å². The van der Waals surface area contributed by atoms with Crippen LogP contribution < -0.4 is 0 Å². The van der Waals surface area contributed by atoms with Crippen LogP contribution in [0.15, 0.2) is 60.7 Å². The lowest BCUT2D eigenvalue weighted by Crippen LogP contribution is -1.73. The van der Waals surface area contributed by atoms with Gasteiger partial charge in [0.2, 0.25) is 0 Å². The van der Waals surface area contributed by atoms with E-state index >= 15 is 0 Å². The SMILES string of the molecule is C(#C[13c]1cccc[13cH]1)[13c]1cccc[13cH]1. The number of hydrogen-bond acceptors (Lipinski definition) is 0. The maximum Gasteiger partial charge on any atom is 0.0249 e. The summed E-state index contributed by atoms with van der Waals surface area (Å²) in [6.45, 7) is 0. The fraction of sp³-hybridized carbons (Fsp3) is 0. The predicted octanol–water partition coefficient (Wildman–Crippen LogP) is 3.09. The van der Waals surface area contributed by atoms with Crippen molar-refractivity contribution >= 4 is 0 Å². The zero-order valence-corrected chi connectivity index (χ0v) is 7.77. The van der Waals surface area contributed by atoms with Crippen LogP contribution in [0, 0.1) is 11.8 Å². The van der Waals surface area contributed by atoms with Gasteiger partial charge in [-0.3, -0.25) is 0 Å². The fourth-order valence-corrected chi connectivity index (χ4v) is 1.19. The number of hydrogen-bond donors (Lipinski definition) is 0. The molecule has 0 aromatic heterocycles. The summed E-state index contributed by atoms with van der Waals surface area (Å²) in [6, 6.07) is 20.0. The van der Waals surface area contributed by atoms with Crippen LogP contribution in [0.1, 0.15) is 11.1 Å². The molecule has 2 aromatic rings. The molecule has 0 unspecified atom stereocenters. The third kappa shape index (κ3) is 2.24. The normalized spacial score (nSPS) is 8.86. The van der Waals surface area contributed by atoms with Crippen LogP contribution in [0.5, 0.6) is 0 Å². The van der Waals surface area contributed by atoms with Gasteiger partial charge < -0.3 is 0 Å². The average Bonchev–Trinajstić information content (AvgIpc) is 2.29. The quantitative estimate of drug-likeness (QED) is 0.549. The first kappa shape index (κ1) is 8.59. The van der Waals surface area contributed by atoms with Crippen molar-refractivity contribution in [2.45, 2.75) is 0 Å². The zero-order chi connectivity index (χ0) is 9.64. The third-order valence-corrected chi connectivity index (χ3v) is 1.90. The molecule has 0 saturated carbocycles. The first-order chi connectivity index (χ1) is 6.95. The Balaban J connectivity index is 2.24. The highest BCUT2D eigenvalue weighted by Gasteiger charge is 1.83. The molecule has 66 valence electrons. The Hall–Kier alpha value is -2.00. The second-order valence-electron chi connectivity index (χ2n) is 2.98. The molecule has 0 heterocycles. The van der Waals surface area contributed by atoms with Gasteiger partial charge in [-0.2, -0.15) is 0 Å². The van der Waals surface area contributed by atoms with Crippen LogP contribution in [-0.2, 0) is 0 Å². The molecule has 0 nitrogen and oxygen atoms in total. The van der Waals surface area contributed by atoms with Crippen molar-refractivity contribution in [3.63, 3.8) is 0 Å². The van der Waals surface area contributed by atoms with E-state index in [1.54, 1.807) is 0 Å². The van der Waals surface area contributed by atoms with Crippen LogP contribution in [0.4, 0.5) is 0 Å². The van der Waals surface area contributed by atoms with Crippen LogP contribution >= 0.6 is 0 Å². The molecule has 2 rings (SSSR count). The summed E-state index contributed by atoms with van der Waals surface area (Å²) < 4.78 is 0. The summed E-state index contributed by atoms with van der Waals surface area (Å²) in [4.78, 5) is 0. The Kier molecular flexibility index (Phi) is 2.64. The Labute approximate surface area is 84.2 Å². The monoisotopic (exact) mass is 182 g/mol. The van der Waals surface area contributed by atoms with Gasteiger partial charge in [0.15, 0.2) is 0 Å². The molecule has 0 saturated heterocycles. The summed E-state index contributed by atoms with van der Waals surface area (Å²) in [7, 11) is 0. The zero-order valence-electron chi connectivity index (χ0n) is 7.77. The molecular weight excluding hydrogens is 172 g/mol. The molecule has 2 aromatic carbocycles. The van der Waals surface area contributed by atoms with E-state index in [2.05, 4.69) is 11.8 Å². The van der Waals surface area contributed by atoms with E-state index in [4.69, 9.17) is 0 Å². The van der Waals surface area contributed by atoms with Gasteiger partial charge in [0, 0.05) is 11.1 Å². The van der Waals surface area contributed by atoms with Gasteiger partial charge in [-0.1, -0.05) is 48.2 Å². The Morgan fingerprint density at radius 3 is 1.21 bits per heavy atom. The Morgan fingerprint density at radius 1 is 0.500 bits per heavy atom. The van der Waals surface area contributed by atoms with E-state index in [-0.39, 0.29) is 0 Å². The molecular formula is C14H10. The fourth-order valence-electron chi connectivity index (χ4n) is 1.19. The van der Waals surface area contributed by atoms with Crippen molar-refractivity contribution < 1.29 is 0 Å². The third-order valence-electron chi connectivity index (χ3n) is 1.90. The molecule has 0 fully saturated rings. The predicted molar refractivity (Wildman–Crippen MR) is 58.9 cm³/mol. The van der Waals surface area contributed by atoms with Crippen molar-refractivity contribution in [1.82, 2.24) is 0 Å². The van der Waals surface area contributed by atoms with E-state index in [0.29, 0.717) is 0 Å². The van der Waals surface area contributed by atoms with Gasteiger partial charge >= 0.3 is 0 Å². The maximum absolute atomic E-state index is 3.11. The molecule has 0 aliphatic carbocycles. The lowest BCUT2D eigenvalue weighted by atomic mass is 10.5. The first-order valence-corrected chi connectivity index (χ1v) is 4.57. The highest BCUT2D eigenvalue weighted by atomic mass is 14.5. The van der Waals surface area contributed by atoms with Crippen molar-refractivity contribution in [2.75, 3.05) is 0 Å². The number of benzene rings is 2. The molecule has 0 aliphatic heterocycles. The summed E-state index contributed by atoms with van der Waals surface area (Å²) in [5.74, 6) is 6.22. The van der Waals surface area contributed by atoms with Crippen molar-refractivity contribution in [1.29, 1.82) is 0 Å². The molecule has 0 heteroatoms. The van der Waals surface area contributed by atoms with Crippen molar-refractivity contribution in [2.24, 2.45) is 0 Å². The molecule has 0 amide bonds. The van der Waals surface area contributed by atoms with Crippen molar-refractivity contribution in [3.8, 4) is 11.8 Å². The highest BCUT2D eigenvalue weighted by Crippen LogP contribution is 1.98. The van der Waals surface area contributed by atoms with Gasteiger partial charge in [0.1, 0.15) is 0 Å². The molecule has 0 spiro atoms. The number of rotatable bonds is 0. The lowest BCUT2D eigenvalue weighted by Gasteiger charge is -1.88. The van der Waals surface area contributed by atoms with E-state index in [1.165, 1.54) is 0 Å². The van der Waals surface area contributed by atoms with Crippen LogP contribution in [0.2, 0.25) is 0 Å². The second-order valence-corrected chi connectivity index (χ2v) is 2.98. The minimum Gasteiger partial charge on any atom is -0.0622 e. The van der Waals surface area contributed by atoms with Gasteiger partial charge in [-0.05, 0) is 24.3 Å². The maximum atomic E-state index is 3.11. The van der Waals surface area contributed by atoms with Crippen LogP contribution in [-0.4, -0.2) is 0 Å². The molecule has 0 bridgehead atoms. The largest absolute Gasteiger partial charge is 0.0622 e. The summed E-state index contributed by atoms with van der Waals surface area (Å²) in [5.41, 5.74) is 2.10. The topological polar surface area (TPSA) is 0 Å². The Morgan fingerprint density at radius 2 is 0.857 bits per heavy atom. The van der Waals surface area contributed by atoms with Gasteiger partial charge in [0.05, 0.1) is 0 Å². The molecule has 0 atom stereocenters. The van der Waals surface area contributed by atoms with Crippen LogP contribution in [0.3, 0.4) is 0 Å². The standard InChI is InChI=1S/C14H10/c1-3-7-13(8-4-1)11-12-14-9-5-2-6-10-14/h1-10H/i7+1,9+1,13+1,14+1. The van der Waals surface area contributed by atoms with Gasteiger partial charge in [0.25, 0.3) is 0 Å². The van der Waals surface area contributed by atoms with E-state index < -0.39 is 0 Å². The summed E-state index contributed by atoms with van der Waals surface area (Å²) in [6.07, 6.45) is 0. The van der Waals surface area contributed by atoms with Gasteiger partial charge in [-0.15, -0.1) is 0 Å². The van der Waals surface area contributed by atoms with E-state index in [0.717, 1.165) is 11.1 Å². The summed E-state index contributed by atoms with van der Waals surface area (Å²) in [5, 5.41) is 0. The second kappa shape index (κ2) is 4.30. The molecule has 0 N–H and O–H groups in total. The molecule has 0 radical (unpaired) electrons. The Bertz CT molecular complexity index is 400. The summed E-state index contributed by atoms with van der Waals surface area (Å²) >= 11 is 0. The first-order valence-electron chi connectivity index (χ1n) is 4.57. The minimum atomic E-state index is 1.05. The highest BCUT2D eigenvalue weighted by molar-refractivity contribution is 5.42. The minimum absolute atomic E-state index is 1.05.